The number of nitrogens with one attached hydrogen (secondary N) is 1. The van der Waals surface area contributed by atoms with Gasteiger partial charge in [-0.15, -0.1) is 12.4 Å². The Bertz CT molecular complexity index is 371. The Morgan fingerprint density at radius 2 is 2.28 bits per heavy atom. The van der Waals surface area contributed by atoms with Crippen molar-refractivity contribution in [3.63, 3.8) is 0 Å². The second-order valence-electron chi connectivity index (χ2n) is 5.07. The Morgan fingerprint density at radius 1 is 1.50 bits per heavy atom. The summed E-state index contributed by atoms with van der Waals surface area (Å²) in [6, 6.07) is 8.83. The number of rotatable bonds is 3. The molecule has 0 bridgehead atoms. The van der Waals surface area contributed by atoms with Crippen LogP contribution in [0.25, 0.3) is 0 Å². The summed E-state index contributed by atoms with van der Waals surface area (Å²) in [4.78, 5) is 2.53. The molecule has 1 heterocycles. The first-order valence-corrected chi connectivity index (χ1v) is 6.74. The SMILES string of the molecule is CC(CN1CCN[C@@H](C)C1)c1cccc(Cl)c1.Cl. The summed E-state index contributed by atoms with van der Waals surface area (Å²) < 4.78 is 0. The molecule has 0 saturated carbocycles. The molecule has 2 atom stereocenters. The lowest BCUT2D eigenvalue weighted by molar-refractivity contribution is 0.199. The highest BCUT2D eigenvalue weighted by molar-refractivity contribution is 6.30. The zero-order chi connectivity index (χ0) is 12.3. The third kappa shape index (κ3) is 4.43. The van der Waals surface area contributed by atoms with Crippen LogP contribution in [0.15, 0.2) is 24.3 Å². The highest BCUT2D eigenvalue weighted by atomic mass is 35.5. The van der Waals surface area contributed by atoms with Gasteiger partial charge in [0.05, 0.1) is 0 Å². The molecule has 1 N–H and O–H groups in total. The maximum absolute atomic E-state index is 6.03. The van der Waals surface area contributed by atoms with E-state index in [1.807, 2.05) is 12.1 Å². The molecule has 1 aliphatic heterocycles. The molecule has 0 aromatic heterocycles. The van der Waals surface area contributed by atoms with Gasteiger partial charge in [-0.25, -0.2) is 0 Å². The first-order valence-electron chi connectivity index (χ1n) is 6.36. The highest BCUT2D eigenvalue weighted by Crippen LogP contribution is 2.20. The van der Waals surface area contributed by atoms with E-state index in [4.69, 9.17) is 11.6 Å². The van der Waals surface area contributed by atoms with E-state index in [0.717, 1.165) is 31.2 Å². The van der Waals surface area contributed by atoms with Crippen molar-refractivity contribution < 1.29 is 0 Å². The molecule has 1 aliphatic rings. The molecule has 2 nitrogen and oxygen atoms in total. The molecule has 0 spiro atoms. The van der Waals surface area contributed by atoms with Gasteiger partial charge in [0.1, 0.15) is 0 Å². The van der Waals surface area contributed by atoms with Crippen molar-refractivity contribution in [2.24, 2.45) is 0 Å². The van der Waals surface area contributed by atoms with Gasteiger partial charge in [0.2, 0.25) is 0 Å². The molecule has 1 aromatic rings. The van der Waals surface area contributed by atoms with Gasteiger partial charge < -0.3 is 5.32 Å². The predicted molar refractivity (Wildman–Crippen MR) is 81.0 cm³/mol. The number of piperazine rings is 1. The van der Waals surface area contributed by atoms with E-state index in [9.17, 15) is 0 Å². The van der Waals surface area contributed by atoms with E-state index >= 15 is 0 Å². The van der Waals surface area contributed by atoms with E-state index in [1.165, 1.54) is 5.56 Å². The maximum atomic E-state index is 6.03. The van der Waals surface area contributed by atoms with E-state index in [2.05, 4.69) is 36.2 Å². The zero-order valence-electron chi connectivity index (χ0n) is 11.0. The largest absolute Gasteiger partial charge is 0.312 e. The van der Waals surface area contributed by atoms with Crippen LogP contribution in [0.4, 0.5) is 0 Å². The fourth-order valence-corrected chi connectivity index (χ4v) is 2.68. The molecule has 1 aromatic carbocycles. The standard InChI is InChI=1S/C14H21ClN2.ClH/c1-11(13-4-3-5-14(15)8-13)9-17-7-6-16-12(2)10-17;/h3-5,8,11-12,16H,6-7,9-10H2,1-2H3;1H/t11?,12-;/m0./s1. The fourth-order valence-electron chi connectivity index (χ4n) is 2.48. The van der Waals surface area contributed by atoms with Crippen molar-refractivity contribution in [3.8, 4) is 0 Å². The van der Waals surface area contributed by atoms with Crippen LogP contribution in [0.2, 0.25) is 5.02 Å². The normalized spacial score (nSPS) is 22.3. The number of benzene rings is 1. The van der Waals surface area contributed by atoms with Crippen molar-refractivity contribution in [1.29, 1.82) is 0 Å². The number of nitrogens with zero attached hydrogens (tertiary/aromatic N) is 1. The van der Waals surface area contributed by atoms with Gasteiger partial charge in [0.25, 0.3) is 0 Å². The second kappa shape index (κ2) is 7.34. The Hall–Kier alpha value is -0.280. The van der Waals surface area contributed by atoms with Crippen molar-refractivity contribution in [3.05, 3.63) is 34.9 Å². The minimum absolute atomic E-state index is 0. The van der Waals surface area contributed by atoms with Crippen LogP contribution < -0.4 is 5.32 Å². The molecular formula is C14H22Cl2N2. The Kier molecular flexibility index (Phi) is 6.44. The van der Waals surface area contributed by atoms with Crippen molar-refractivity contribution in [1.82, 2.24) is 10.2 Å². The van der Waals surface area contributed by atoms with Crippen molar-refractivity contribution in [2.45, 2.75) is 25.8 Å². The maximum Gasteiger partial charge on any atom is 0.0408 e. The van der Waals surface area contributed by atoms with E-state index < -0.39 is 0 Å². The molecular weight excluding hydrogens is 267 g/mol. The molecule has 4 heteroatoms. The molecule has 18 heavy (non-hydrogen) atoms. The Morgan fingerprint density at radius 3 is 2.94 bits per heavy atom. The zero-order valence-corrected chi connectivity index (χ0v) is 12.6. The van der Waals surface area contributed by atoms with Crippen molar-refractivity contribution in [2.75, 3.05) is 26.2 Å². The fraction of sp³-hybridized carbons (Fsp3) is 0.571. The van der Waals surface area contributed by atoms with Crippen LogP contribution in [0.1, 0.15) is 25.3 Å². The van der Waals surface area contributed by atoms with Crippen LogP contribution in [-0.4, -0.2) is 37.1 Å². The van der Waals surface area contributed by atoms with Gasteiger partial charge in [-0.1, -0.05) is 30.7 Å². The summed E-state index contributed by atoms with van der Waals surface area (Å²) in [7, 11) is 0. The average Bonchev–Trinajstić information content (AvgIpc) is 2.29. The van der Waals surface area contributed by atoms with Crippen LogP contribution in [-0.2, 0) is 0 Å². The van der Waals surface area contributed by atoms with Crippen LogP contribution in [0.5, 0.6) is 0 Å². The summed E-state index contributed by atoms with van der Waals surface area (Å²) in [6.45, 7) is 9.03. The summed E-state index contributed by atoms with van der Waals surface area (Å²) in [5.41, 5.74) is 1.34. The molecule has 1 fully saturated rings. The van der Waals surface area contributed by atoms with E-state index in [1.54, 1.807) is 0 Å². The summed E-state index contributed by atoms with van der Waals surface area (Å²) in [5, 5.41) is 4.31. The molecule has 1 unspecified atom stereocenters. The van der Waals surface area contributed by atoms with Gasteiger partial charge in [0, 0.05) is 37.2 Å². The van der Waals surface area contributed by atoms with E-state index in [-0.39, 0.29) is 12.4 Å². The van der Waals surface area contributed by atoms with Crippen LogP contribution in [0.3, 0.4) is 0 Å². The highest BCUT2D eigenvalue weighted by Gasteiger charge is 2.18. The molecule has 0 radical (unpaired) electrons. The van der Waals surface area contributed by atoms with E-state index in [0.29, 0.717) is 12.0 Å². The number of hydrogen-bond acceptors (Lipinski definition) is 2. The lowest BCUT2D eigenvalue weighted by atomic mass is 10.00. The topological polar surface area (TPSA) is 15.3 Å². The van der Waals surface area contributed by atoms with Crippen LogP contribution in [0, 0.1) is 0 Å². The quantitative estimate of drug-likeness (QED) is 0.919. The number of hydrogen-bond donors (Lipinski definition) is 1. The van der Waals surface area contributed by atoms with Gasteiger partial charge in [-0.05, 0) is 30.5 Å². The lowest BCUT2D eigenvalue weighted by Gasteiger charge is -2.33. The van der Waals surface area contributed by atoms with Crippen molar-refractivity contribution >= 4 is 24.0 Å². The van der Waals surface area contributed by atoms with Gasteiger partial charge >= 0.3 is 0 Å². The summed E-state index contributed by atoms with van der Waals surface area (Å²) in [5.74, 6) is 0.541. The molecule has 2 rings (SSSR count). The van der Waals surface area contributed by atoms with Gasteiger partial charge in [-0.3, -0.25) is 4.90 Å². The smallest absolute Gasteiger partial charge is 0.0408 e. The third-order valence-electron chi connectivity index (χ3n) is 3.40. The lowest BCUT2D eigenvalue weighted by Crippen LogP contribution is -2.49. The first kappa shape index (κ1) is 15.8. The third-order valence-corrected chi connectivity index (χ3v) is 3.64. The Balaban J connectivity index is 0.00000162. The molecule has 102 valence electrons. The minimum Gasteiger partial charge on any atom is -0.312 e. The Labute approximate surface area is 121 Å². The van der Waals surface area contributed by atoms with Gasteiger partial charge in [0.15, 0.2) is 0 Å². The van der Waals surface area contributed by atoms with Crippen LogP contribution >= 0.6 is 24.0 Å². The summed E-state index contributed by atoms with van der Waals surface area (Å²) in [6.07, 6.45) is 0. The van der Waals surface area contributed by atoms with Gasteiger partial charge in [-0.2, -0.15) is 0 Å². The first-order chi connectivity index (χ1) is 8.15. The molecule has 0 amide bonds. The second-order valence-corrected chi connectivity index (χ2v) is 5.51. The average molecular weight is 289 g/mol. The molecule has 0 aliphatic carbocycles. The predicted octanol–water partition coefficient (Wildman–Crippen LogP) is 3.16. The molecule has 1 saturated heterocycles. The summed E-state index contributed by atoms with van der Waals surface area (Å²) >= 11 is 6.03. The minimum atomic E-state index is 0. The number of halogens is 2. The monoisotopic (exact) mass is 288 g/mol.